The van der Waals surface area contributed by atoms with Gasteiger partial charge in [-0.2, -0.15) is 0 Å². The molecule has 0 saturated carbocycles. The molecule has 3 nitrogen and oxygen atoms in total. The van der Waals surface area contributed by atoms with Crippen molar-refractivity contribution in [2.45, 2.75) is 25.3 Å². The number of hydrogen-bond donors (Lipinski definition) is 0. The fourth-order valence-corrected chi connectivity index (χ4v) is 3.67. The van der Waals surface area contributed by atoms with Crippen LogP contribution in [0.2, 0.25) is 0 Å². The molecule has 0 amide bonds. The van der Waals surface area contributed by atoms with Gasteiger partial charge in [0.2, 0.25) is 0 Å². The molecule has 3 rings (SSSR count). The summed E-state index contributed by atoms with van der Waals surface area (Å²) in [5.74, 6) is 0.102. The largest absolute Gasteiger partial charge is 0.469 e. The van der Waals surface area contributed by atoms with Gasteiger partial charge in [0, 0.05) is 6.54 Å². The van der Waals surface area contributed by atoms with Gasteiger partial charge >= 0.3 is 5.97 Å². The molecule has 0 radical (unpaired) electrons. The third-order valence-corrected chi connectivity index (χ3v) is 4.97. The molecule has 0 aromatic heterocycles. The predicted octanol–water partition coefficient (Wildman–Crippen LogP) is 3.86. The van der Waals surface area contributed by atoms with Gasteiger partial charge < -0.3 is 4.74 Å². The van der Waals surface area contributed by atoms with Crippen LogP contribution in [-0.4, -0.2) is 31.1 Å². The van der Waals surface area contributed by atoms with Crippen molar-refractivity contribution in [3.8, 4) is 0 Å². The van der Waals surface area contributed by atoms with E-state index in [1.807, 2.05) is 30.3 Å². The van der Waals surface area contributed by atoms with Gasteiger partial charge in [-0.3, -0.25) is 9.69 Å². The Hall–Kier alpha value is -2.13. The third-order valence-electron chi connectivity index (χ3n) is 4.97. The van der Waals surface area contributed by atoms with Crippen molar-refractivity contribution in [1.29, 1.82) is 0 Å². The Bertz CT molecular complexity index is 633. The minimum atomic E-state index is -0.143. The number of rotatable bonds is 5. The lowest BCUT2D eigenvalue weighted by Crippen LogP contribution is -2.37. The number of piperidine rings is 1. The summed E-state index contributed by atoms with van der Waals surface area (Å²) >= 11 is 0. The Morgan fingerprint density at radius 3 is 2.21 bits per heavy atom. The van der Waals surface area contributed by atoms with Crippen LogP contribution >= 0.6 is 0 Å². The summed E-state index contributed by atoms with van der Waals surface area (Å²) in [5, 5.41) is 0. The number of hydrogen-bond acceptors (Lipinski definition) is 3. The van der Waals surface area contributed by atoms with Crippen molar-refractivity contribution in [2.24, 2.45) is 5.92 Å². The zero-order valence-corrected chi connectivity index (χ0v) is 14.2. The van der Waals surface area contributed by atoms with Crippen LogP contribution in [0.15, 0.2) is 60.7 Å². The summed E-state index contributed by atoms with van der Waals surface area (Å²) in [6.45, 7) is 3.04. The Balaban J connectivity index is 1.64. The van der Waals surface area contributed by atoms with E-state index < -0.39 is 0 Å². The van der Waals surface area contributed by atoms with Crippen molar-refractivity contribution in [3.05, 3.63) is 71.8 Å². The number of benzene rings is 2. The van der Waals surface area contributed by atoms with Crippen LogP contribution in [-0.2, 0) is 16.1 Å². The molecular formula is C21H25NO2. The van der Waals surface area contributed by atoms with E-state index in [0.717, 1.165) is 38.0 Å². The lowest BCUT2D eigenvalue weighted by Gasteiger charge is -2.35. The molecule has 1 atom stereocenters. The number of nitrogens with zero attached hydrogens (tertiary/aromatic N) is 1. The number of carbonyl (C=O) groups is 1. The maximum atomic E-state index is 12.3. The van der Waals surface area contributed by atoms with Crippen LogP contribution in [0.1, 0.15) is 29.9 Å². The molecule has 1 fully saturated rings. The highest BCUT2D eigenvalue weighted by molar-refractivity contribution is 5.78. The highest BCUT2D eigenvalue weighted by Crippen LogP contribution is 2.34. The Labute approximate surface area is 144 Å². The number of carbonyl (C=O) groups excluding carboxylic acids is 1. The van der Waals surface area contributed by atoms with Crippen LogP contribution in [0.5, 0.6) is 0 Å². The minimum absolute atomic E-state index is 0.109. The summed E-state index contributed by atoms with van der Waals surface area (Å²) in [6.07, 6.45) is 2.06. The second-order valence-corrected chi connectivity index (χ2v) is 6.51. The Morgan fingerprint density at radius 1 is 1.04 bits per heavy atom. The van der Waals surface area contributed by atoms with Gasteiger partial charge in [-0.25, -0.2) is 0 Å². The molecule has 3 heteroatoms. The van der Waals surface area contributed by atoms with E-state index in [-0.39, 0.29) is 11.9 Å². The molecule has 1 heterocycles. The lowest BCUT2D eigenvalue weighted by molar-refractivity contribution is -0.144. The van der Waals surface area contributed by atoms with Gasteiger partial charge in [0.05, 0.1) is 13.0 Å². The molecule has 1 aliphatic rings. The van der Waals surface area contributed by atoms with E-state index in [1.165, 1.54) is 12.7 Å². The molecule has 2 aromatic carbocycles. The predicted molar refractivity (Wildman–Crippen MR) is 95.6 cm³/mol. The van der Waals surface area contributed by atoms with Crippen molar-refractivity contribution < 1.29 is 9.53 Å². The molecule has 1 unspecified atom stereocenters. The quantitative estimate of drug-likeness (QED) is 0.783. The van der Waals surface area contributed by atoms with E-state index >= 15 is 0 Å². The van der Waals surface area contributed by atoms with Crippen molar-refractivity contribution >= 4 is 5.97 Å². The van der Waals surface area contributed by atoms with Gasteiger partial charge in [0.15, 0.2) is 0 Å². The average Bonchev–Trinajstić information content (AvgIpc) is 2.65. The number of likely N-dealkylation sites (tertiary alicyclic amines) is 1. The number of methoxy groups -OCH3 is 1. The van der Waals surface area contributed by atoms with Crippen molar-refractivity contribution in [2.75, 3.05) is 20.2 Å². The zero-order chi connectivity index (χ0) is 16.8. The Kier molecular flexibility index (Phi) is 5.65. The van der Waals surface area contributed by atoms with Crippen molar-refractivity contribution in [1.82, 2.24) is 4.90 Å². The molecule has 1 aliphatic heterocycles. The Morgan fingerprint density at radius 2 is 1.62 bits per heavy atom. The summed E-state index contributed by atoms with van der Waals surface area (Å²) in [7, 11) is 1.49. The van der Waals surface area contributed by atoms with E-state index in [1.54, 1.807) is 0 Å². The van der Waals surface area contributed by atoms with Crippen LogP contribution < -0.4 is 0 Å². The summed E-state index contributed by atoms with van der Waals surface area (Å²) in [6, 6.07) is 20.6. The molecular weight excluding hydrogens is 298 g/mol. The van der Waals surface area contributed by atoms with Gasteiger partial charge in [-0.15, -0.1) is 0 Å². The van der Waals surface area contributed by atoms with Gasteiger partial charge in [0.25, 0.3) is 0 Å². The SMILES string of the molecule is COC(=O)C(c1ccccc1)C1CCN(Cc2ccccc2)CC1. The van der Waals surface area contributed by atoms with E-state index in [2.05, 4.69) is 35.2 Å². The smallest absolute Gasteiger partial charge is 0.313 e. The van der Waals surface area contributed by atoms with Crippen LogP contribution in [0.4, 0.5) is 0 Å². The monoisotopic (exact) mass is 323 g/mol. The summed E-state index contributed by atoms with van der Waals surface area (Å²) in [5.41, 5.74) is 2.43. The minimum Gasteiger partial charge on any atom is -0.469 e. The van der Waals surface area contributed by atoms with E-state index in [0.29, 0.717) is 5.92 Å². The molecule has 0 N–H and O–H groups in total. The highest BCUT2D eigenvalue weighted by atomic mass is 16.5. The van der Waals surface area contributed by atoms with E-state index in [9.17, 15) is 4.79 Å². The zero-order valence-electron chi connectivity index (χ0n) is 14.2. The van der Waals surface area contributed by atoms with E-state index in [4.69, 9.17) is 4.74 Å². The third kappa shape index (κ3) is 4.04. The molecule has 24 heavy (non-hydrogen) atoms. The fourth-order valence-electron chi connectivity index (χ4n) is 3.67. The molecule has 0 spiro atoms. The van der Waals surface area contributed by atoms with Crippen LogP contribution in [0.25, 0.3) is 0 Å². The molecule has 1 saturated heterocycles. The average molecular weight is 323 g/mol. The van der Waals surface area contributed by atoms with Crippen molar-refractivity contribution in [3.63, 3.8) is 0 Å². The van der Waals surface area contributed by atoms with Gasteiger partial charge in [-0.1, -0.05) is 60.7 Å². The second-order valence-electron chi connectivity index (χ2n) is 6.51. The first-order chi connectivity index (χ1) is 11.8. The molecule has 0 bridgehead atoms. The topological polar surface area (TPSA) is 29.5 Å². The van der Waals surface area contributed by atoms with Crippen LogP contribution in [0, 0.1) is 5.92 Å². The fraction of sp³-hybridized carbons (Fsp3) is 0.381. The summed E-state index contributed by atoms with van der Waals surface area (Å²) in [4.78, 5) is 14.8. The maximum absolute atomic E-state index is 12.3. The summed E-state index contributed by atoms with van der Waals surface area (Å²) < 4.78 is 5.09. The number of esters is 1. The number of ether oxygens (including phenoxy) is 1. The standard InChI is InChI=1S/C21H25NO2/c1-24-21(23)20(18-10-6-3-7-11-18)19-12-14-22(15-13-19)16-17-8-4-2-5-9-17/h2-11,19-20H,12-16H2,1H3. The second kappa shape index (κ2) is 8.11. The first-order valence-electron chi connectivity index (χ1n) is 8.67. The molecule has 0 aliphatic carbocycles. The maximum Gasteiger partial charge on any atom is 0.313 e. The molecule has 2 aromatic rings. The first-order valence-corrected chi connectivity index (χ1v) is 8.67. The normalized spacial score (nSPS) is 17.4. The molecule has 126 valence electrons. The lowest BCUT2D eigenvalue weighted by atomic mass is 9.80. The first kappa shape index (κ1) is 16.7. The van der Waals surface area contributed by atoms with Gasteiger partial charge in [-0.05, 0) is 43.0 Å². The van der Waals surface area contributed by atoms with Crippen LogP contribution in [0.3, 0.4) is 0 Å². The van der Waals surface area contributed by atoms with Gasteiger partial charge in [0.1, 0.15) is 0 Å². The highest BCUT2D eigenvalue weighted by Gasteiger charge is 2.33.